The molecule has 5 rings (SSSR count). The average Bonchev–Trinajstić information content (AvgIpc) is 3.28. The van der Waals surface area contributed by atoms with Gasteiger partial charge in [-0.3, -0.25) is 4.98 Å². The molecule has 10 heteroatoms. The molecule has 2 aromatic heterocycles. The Labute approximate surface area is 211 Å². The van der Waals surface area contributed by atoms with Gasteiger partial charge in [0, 0.05) is 44.5 Å². The van der Waals surface area contributed by atoms with Gasteiger partial charge < -0.3 is 9.47 Å². The van der Waals surface area contributed by atoms with Crippen LogP contribution in [0.4, 0.5) is 8.78 Å². The quantitative estimate of drug-likeness (QED) is 0.470. The highest BCUT2D eigenvalue weighted by atomic mass is 32.2. The highest BCUT2D eigenvalue weighted by Crippen LogP contribution is 2.37. The van der Waals surface area contributed by atoms with E-state index in [1.54, 1.807) is 12.4 Å². The molecule has 3 aromatic rings. The zero-order chi connectivity index (χ0) is 25.3. The molecule has 0 bridgehead atoms. The minimum absolute atomic E-state index is 0.0141. The summed E-state index contributed by atoms with van der Waals surface area (Å²) in [5, 5.41) is 0. The molecule has 2 fully saturated rings. The van der Waals surface area contributed by atoms with Crippen molar-refractivity contribution >= 4 is 21.1 Å². The Hall–Kier alpha value is -2.43. The first kappa shape index (κ1) is 25.2. The van der Waals surface area contributed by atoms with Crippen molar-refractivity contribution in [1.29, 1.82) is 0 Å². The summed E-state index contributed by atoms with van der Waals surface area (Å²) < 4.78 is 55.9. The van der Waals surface area contributed by atoms with Crippen LogP contribution >= 0.6 is 0 Å². The molecule has 2 aliphatic heterocycles. The van der Waals surface area contributed by atoms with Crippen molar-refractivity contribution in [3.8, 4) is 0 Å². The predicted molar refractivity (Wildman–Crippen MR) is 135 cm³/mol. The van der Waals surface area contributed by atoms with Gasteiger partial charge in [0.25, 0.3) is 0 Å². The summed E-state index contributed by atoms with van der Waals surface area (Å²) in [4.78, 5) is 11.1. The summed E-state index contributed by atoms with van der Waals surface area (Å²) in [6.45, 7) is 3.66. The van der Waals surface area contributed by atoms with E-state index in [9.17, 15) is 17.2 Å². The number of rotatable bonds is 7. The number of likely N-dealkylation sites (tertiary alicyclic amines) is 1. The fourth-order valence-electron chi connectivity index (χ4n) is 5.99. The van der Waals surface area contributed by atoms with Crippen molar-refractivity contribution in [1.82, 2.24) is 23.7 Å². The lowest BCUT2D eigenvalue weighted by Gasteiger charge is -2.37. The number of piperidine rings is 2. The van der Waals surface area contributed by atoms with Crippen LogP contribution in [0.5, 0.6) is 0 Å². The number of fused-ring (bicyclic) bond motifs is 1. The molecule has 0 radical (unpaired) electrons. The van der Waals surface area contributed by atoms with Crippen LogP contribution in [0.2, 0.25) is 0 Å². The van der Waals surface area contributed by atoms with E-state index < -0.39 is 21.7 Å². The minimum Gasteiger partial charge on any atom is -0.327 e. The molecule has 0 saturated carbocycles. The van der Waals surface area contributed by atoms with Crippen molar-refractivity contribution in [2.75, 3.05) is 39.0 Å². The molecule has 1 atom stereocenters. The Morgan fingerprint density at radius 1 is 1.03 bits per heavy atom. The molecular weight excluding hydrogens is 484 g/mol. The van der Waals surface area contributed by atoms with Crippen molar-refractivity contribution in [2.24, 2.45) is 5.92 Å². The summed E-state index contributed by atoms with van der Waals surface area (Å²) >= 11 is 0. The lowest BCUT2D eigenvalue weighted by molar-refractivity contribution is 0.168. The zero-order valence-corrected chi connectivity index (χ0v) is 21.4. The number of nitrogens with zero attached hydrogens (tertiary/aromatic N) is 5. The number of benzene rings is 1. The molecule has 2 aliphatic rings. The Kier molecular flexibility index (Phi) is 7.37. The Morgan fingerprint density at radius 2 is 1.72 bits per heavy atom. The summed E-state index contributed by atoms with van der Waals surface area (Å²) in [5.41, 5.74) is 2.70. The van der Waals surface area contributed by atoms with Gasteiger partial charge in [-0.25, -0.2) is 26.5 Å². The van der Waals surface area contributed by atoms with Gasteiger partial charge in [-0.15, -0.1) is 0 Å². The topological polar surface area (TPSA) is 71.3 Å². The fourth-order valence-corrected chi connectivity index (χ4v) is 6.86. The van der Waals surface area contributed by atoms with E-state index >= 15 is 0 Å². The van der Waals surface area contributed by atoms with Gasteiger partial charge in [-0.1, -0.05) is 0 Å². The second kappa shape index (κ2) is 10.5. The van der Waals surface area contributed by atoms with E-state index in [4.69, 9.17) is 0 Å². The number of hydrogen-bond donors (Lipinski definition) is 0. The standard InChI is InChI=1S/C26H33F2N5O2S/c1-36(34,35)32-12-3-19(4-13-32)24(20-14-21(27)16-22(28)15-20)7-11-31-9-5-23(6-10-31)33-18-30-25-17-29-8-2-26(25)33/h2,8,14-19,23-24H,3-7,9-13H2,1H3/t24-/m1/s1. The lowest BCUT2D eigenvalue weighted by atomic mass is 9.78. The van der Waals surface area contributed by atoms with Crippen molar-refractivity contribution in [2.45, 2.75) is 44.1 Å². The molecule has 0 amide bonds. The van der Waals surface area contributed by atoms with Gasteiger partial charge in [0.05, 0.1) is 24.3 Å². The van der Waals surface area contributed by atoms with E-state index in [2.05, 4.69) is 19.4 Å². The van der Waals surface area contributed by atoms with E-state index in [-0.39, 0.29) is 11.8 Å². The number of hydrogen-bond acceptors (Lipinski definition) is 5. The van der Waals surface area contributed by atoms with Crippen molar-refractivity contribution in [3.05, 3.63) is 60.2 Å². The molecule has 0 spiro atoms. The second-order valence-corrected chi connectivity index (χ2v) is 12.2. The fraction of sp³-hybridized carbons (Fsp3) is 0.538. The highest BCUT2D eigenvalue weighted by Gasteiger charge is 2.32. The summed E-state index contributed by atoms with van der Waals surface area (Å²) in [6.07, 6.45) is 10.9. The smallest absolute Gasteiger partial charge is 0.211 e. The SMILES string of the molecule is CS(=O)(=O)N1CCC([C@@H](CCN2CCC(n3cnc4cnccc43)CC2)c2cc(F)cc(F)c2)CC1. The Bertz CT molecular complexity index is 1280. The molecule has 7 nitrogen and oxygen atoms in total. The van der Waals surface area contributed by atoms with Gasteiger partial charge in [0.1, 0.15) is 17.2 Å². The minimum atomic E-state index is -3.23. The van der Waals surface area contributed by atoms with E-state index in [0.29, 0.717) is 37.5 Å². The molecule has 0 aliphatic carbocycles. The van der Waals surface area contributed by atoms with Crippen molar-refractivity contribution < 1.29 is 17.2 Å². The summed E-state index contributed by atoms with van der Waals surface area (Å²) in [5.74, 6) is -0.952. The number of pyridine rings is 1. The third kappa shape index (κ3) is 5.60. The Morgan fingerprint density at radius 3 is 2.39 bits per heavy atom. The molecule has 36 heavy (non-hydrogen) atoms. The number of aromatic nitrogens is 3. The van der Waals surface area contributed by atoms with Crippen LogP contribution in [-0.4, -0.2) is 71.1 Å². The highest BCUT2D eigenvalue weighted by molar-refractivity contribution is 7.88. The maximum Gasteiger partial charge on any atom is 0.211 e. The third-order valence-corrected chi connectivity index (χ3v) is 9.24. The first-order valence-corrected chi connectivity index (χ1v) is 14.5. The van der Waals surface area contributed by atoms with Gasteiger partial charge in [0.15, 0.2) is 0 Å². The van der Waals surface area contributed by atoms with E-state index in [1.165, 1.54) is 22.7 Å². The largest absolute Gasteiger partial charge is 0.327 e. The number of sulfonamides is 1. The predicted octanol–water partition coefficient (Wildman–Crippen LogP) is 4.19. The van der Waals surface area contributed by atoms with Crippen molar-refractivity contribution in [3.63, 3.8) is 0 Å². The van der Waals surface area contributed by atoms with Gasteiger partial charge in [-0.05, 0) is 74.2 Å². The molecule has 0 unspecified atom stereocenters. The number of imidazole rings is 1. The van der Waals surface area contributed by atoms with Gasteiger partial charge in [0.2, 0.25) is 10.0 Å². The van der Waals surface area contributed by atoms with Crippen LogP contribution < -0.4 is 0 Å². The molecule has 1 aromatic carbocycles. The van der Waals surface area contributed by atoms with Crippen LogP contribution in [0.1, 0.15) is 49.6 Å². The lowest BCUT2D eigenvalue weighted by Crippen LogP contribution is -2.40. The first-order valence-electron chi connectivity index (χ1n) is 12.7. The van der Waals surface area contributed by atoms with Crippen LogP contribution in [0, 0.1) is 17.6 Å². The van der Waals surface area contributed by atoms with Crippen LogP contribution in [-0.2, 0) is 10.0 Å². The zero-order valence-electron chi connectivity index (χ0n) is 20.6. The second-order valence-electron chi connectivity index (χ2n) is 10.2. The van der Waals surface area contributed by atoms with Crippen LogP contribution in [0.3, 0.4) is 0 Å². The van der Waals surface area contributed by atoms with E-state index in [0.717, 1.165) is 56.0 Å². The first-order chi connectivity index (χ1) is 17.3. The normalized spacial score (nSPS) is 20.2. The van der Waals surface area contributed by atoms with Gasteiger partial charge >= 0.3 is 0 Å². The molecular formula is C26H33F2N5O2S. The summed E-state index contributed by atoms with van der Waals surface area (Å²) in [6, 6.07) is 6.20. The maximum absolute atomic E-state index is 14.1. The number of halogens is 2. The Balaban J connectivity index is 1.24. The molecule has 2 saturated heterocycles. The molecule has 4 heterocycles. The van der Waals surface area contributed by atoms with Crippen LogP contribution in [0.25, 0.3) is 11.0 Å². The third-order valence-electron chi connectivity index (χ3n) is 7.93. The van der Waals surface area contributed by atoms with Crippen LogP contribution in [0.15, 0.2) is 43.0 Å². The molecule has 194 valence electrons. The average molecular weight is 518 g/mol. The molecule has 0 N–H and O–H groups in total. The summed E-state index contributed by atoms with van der Waals surface area (Å²) in [7, 11) is -3.23. The monoisotopic (exact) mass is 517 g/mol. The van der Waals surface area contributed by atoms with E-state index in [1.807, 2.05) is 12.4 Å². The maximum atomic E-state index is 14.1. The van der Waals surface area contributed by atoms with Gasteiger partial charge in [-0.2, -0.15) is 0 Å².